The van der Waals surface area contributed by atoms with Crippen LogP contribution in [0.5, 0.6) is 0 Å². The molecule has 0 aliphatic carbocycles. The minimum Gasteiger partial charge on any atom is -0.382 e. The molecule has 0 radical (unpaired) electrons. The molecule has 17 heavy (non-hydrogen) atoms. The summed E-state index contributed by atoms with van der Waals surface area (Å²) < 4.78 is 18.7. The molecular formula is C14H22FNO. The van der Waals surface area contributed by atoms with Gasteiger partial charge < -0.3 is 10.1 Å². The first kappa shape index (κ1) is 14.1. The Morgan fingerprint density at radius 1 is 1.35 bits per heavy atom. The number of ether oxygens (including phenoxy) is 1. The third-order valence-electron chi connectivity index (χ3n) is 2.89. The van der Waals surface area contributed by atoms with E-state index in [4.69, 9.17) is 4.74 Å². The fourth-order valence-corrected chi connectivity index (χ4v) is 1.98. The monoisotopic (exact) mass is 239 g/mol. The van der Waals surface area contributed by atoms with Gasteiger partial charge in [0, 0.05) is 13.2 Å². The van der Waals surface area contributed by atoms with Crippen molar-refractivity contribution in [1.29, 1.82) is 0 Å². The van der Waals surface area contributed by atoms with E-state index in [0.29, 0.717) is 0 Å². The number of hydrogen-bond acceptors (Lipinski definition) is 2. The third kappa shape index (κ3) is 4.44. The number of methoxy groups -OCH3 is 1. The van der Waals surface area contributed by atoms with Gasteiger partial charge in [-0.05, 0) is 50.1 Å². The number of hydrogen-bond donors (Lipinski definition) is 1. The molecule has 2 unspecified atom stereocenters. The second-order valence-corrected chi connectivity index (χ2v) is 4.45. The van der Waals surface area contributed by atoms with Crippen molar-refractivity contribution in [2.24, 2.45) is 0 Å². The van der Waals surface area contributed by atoms with Crippen molar-refractivity contribution < 1.29 is 9.13 Å². The van der Waals surface area contributed by atoms with Gasteiger partial charge in [-0.15, -0.1) is 0 Å². The van der Waals surface area contributed by atoms with E-state index < -0.39 is 0 Å². The van der Waals surface area contributed by atoms with E-state index in [1.165, 1.54) is 0 Å². The molecule has 1 rings (SSSR count). The second-order valence-electron chi connectivity index (χ2n) is 4.45. The lowest BCUT2D eigenvalue weighted by molar-refractivity contribution is 0.101. The maximum atomic E-state index is 13.4. The van der Waals surface area contributed by atoms with Crippen LogP contribution in [-0.4, -0.2) is 19.8 Å². The molecule has 0 saturated carbocycles. The smallest absolute Gasteiger partial charge is 0.123 e. The molecule has 0 fully saturated rings. The zero-order chi connectivity index (χ0) is 12.8. The number of aryl methyl sites for hydroxylation is 1. The van der Waals surface area contributed by atoms with Crippen LogP contribution in [0.3, 0.4) is 0 Å². The van der Waals surface area contributed by atoms with Crippen LogP contribution in [0.25, 0.3) is 0 Å². The second kappa shape index (κ2) is 6.72. The molecule has 3 heteroatoms. The Balaban J connectivity index is 2.88. The maximum absolute atomic E-state index is 13.4. The van der Waals surface area contributed by atoms with Crippen molar-refractivity contribution in [2.45, 2.75) is 39.3 Å². The number of halogens is 1. The first-order valence-electron chi connectivity index (χ1n) is 6.10. The quantitative estimate of drug-likeness (QED) is 0.823. The molecule has 0 aliphatic heterocycles. The van der Waals surface area contributed by atoms with Crippen LogP contribution in [0.15, 0.2) is 18.2 Å². The van der Waals surface area contributed by atoms with Crippen molar-refractivity contribution in [2.75, 3.05) is 13.7 Å². The van der Waals surface area contributed by atoms with E-state index in [-0.39, 0.29) is 18.0 Å². The number of benzene rings is 1. The Hall–Kier alpha value is -0.930. The van der Waals surface area contributed by atoms with Crippen molar-refractivity contribution in [1.82, 2.24) is 5.32 Å². The molecule has 1 N–H and O–H groups in total. The van der Waals surface area contributed by atoms with Gasteiger partial charge in [-0.1, -0.05) is 13.0 Å². The van der Waals surface area contributed by atoms with Crippen LogP contribution >= 0.6 is 0 Å². The van der Waals surface area contributed by atoms with Gasteiger partial charge in [0.25, 0.3) is 0 Å². The highest BCUT2D eigenvalue weighted by Gasteiger charge is 2.15. The summed E-state index contributed by atoms with van der Waals surface area (Å²) in [4.78, 5) is 0. The van der Waals surface area contributed by atoms with E-state index in [0.717, 1.165) is 24.1 Å². The summed E-state index contributed by atoms with van der Waals surface area (Å²) in [6.45, 7) is 6.85. The molecule has 0 heterocycles. The summed E-state index contributed by atoms with van der Waals surface area (Å²) in [5.74, 6) is -0.173. The van der Waals surface area contributed by atoms with E-state index in [2.05, 4.69) is 12.2 Å². The largest absolute Gasteiger partial charge is 0.382 e. The van der Waals surface area contributed by atoms with Gasteiger partial charge >= 0.3 is 0 Å². The Morgan fingerprint density at radius 3 is 2.59 bits per heavy atom. The predicted octanol–water partition coefficient (Wildman–Crippen LogP) is 3.21. The molecule has 0 amide bonds. The van der Waals surface area contributed by atoms with Crippen LogP contribution < -0.4 is 5.32 Å². The number of rotatable bonds is 6. The van der Waals surface area contributed by atoms with Crippen molar-refractivity contribution in [3.63, 3.8) is 0 Å². The fourth-order valence-electron chi connectivity index (χ4n) is 1.98. The molecule has 1 aromatic carbocycles. The van der Waals surface area contributed by atoms with Crippen molar-refractivity contribution in [3.05, 3.63) is 35.1 Å². The van der Waals surface area contributed by atoms with E-state index >= 15 is 0 Å². The summed E-state index contributed by atoms with van der Waals surface area (Å²) >= 11 is 0. The Labute approximate surface area is 103 Å². The highest BCUT2D eigenvalue weighted by Crippen LogP contribution is 2.21. The van der Waals surface area contributed by atoms with Gasteiger partial charge in [0.1, 0.15) is 5.82 Å². The topological polar surface area (TPSA) is 21.3 Å². The molecule has 2 nitrogen and oxygen atoms in total. The lowest BCUT2D eigenvalue weighted by Crippen LogP contribution is -2.25. The molecular weight excluding hydrogens is 217 g/mol. The normalized spacial score (nSPS) is 14.6. The molecule has 1 aromatic rings. The van der Waals surface area contributed by atoms with Gasteiger partial charge in [-0.2, -0.15) is 0 Å². The Morgan fingerprint density at radius 2 is 2.06 bits per heavy atom. The standard InChI is InChI=1S/C14H22FNO/c1-5-16-14(8-11(3)17-4)12-6-10(2)7-13(15)9-12/h6-7,9,11,14,16H,5,8H2,1-4H3. The molecule has 0 bridgehead atoms. The average Bonchev–Trinajstić information content (AvgIpc) is 2.27. The average molecular weight is 239 g/mol. The predicted molar refractivity (Wildman–Crippen MR) is 68.6 cm³/mol. The van der Waals surface area contributed by atoms with Crippen LogP contribution in [0, 0.1) is 12.7 Å². The first-order valence-corrected chi connectivity index (χ1v) is 6.10. The molecule has 96 valence electrons. The van der Waals surface area contributed by atoms with Crippen LogP contribution in [-0.2, 0) is 4.74 Å². The summed E-state index contributed by atoms with van der Waals surface area (Å²) in [6.07, 6.45) is 0.996. The van der Waals surface area contributed by atoms with Crippen LogP contribution in [0.4, 0.5) is 4.39 Å². The minimum absolute atomic E-state index is 0.143. The number of nitrogens with one attached hydrogen (secondary N) is 1. The van der Waals surface area contributed by atoms with Crippen molar-refractivity contribution >= 4 is 0 Å². The van der Waals surface area contributed by atoms with Gasteiger partial charge in [0.2, 0.25) is 0 Å². The summed E-state index contributed by atoms with van der Waals surface area (Å²) in [5.41, 5.74) is 1.95. The van der Waals surface area contributed by atoms with Gasteiger partial charge in [-0.25, -0.2) is 4.39 Å². The molecule has 0 spiro atoms. The first-order chi connectivity index (χ1) is 8.06. The lowest BCUT2D eigenvalue weighted by atomic mass is 9.99. The molecule has 0 aliphatic rings. The van der Waals surface area contributed by atoms with Crippen LogP contribution in [0.2, 0.25) is 0 Å². The van der Waals surface area contributed by atoms with Crippen molar-refractivity contribution in [3.8, 4) is 0 Å². The molecule has 2 atom stereocenters. The van der Waals surface area contributed by atoms with Gasteiger partial charge in [-0.3, -0.25) is 0 Å². The zero-order valence-corrected chi connectivity index (χ0v) is 11.1. The summed E-state index contributed by atoms with van der Waals surface area (Å²) in [5, 5.41) is 3.37. The van der Waals surface area contributed by atoms with Crippen LogP contribution in [0.1, 0.15) is 37.4 Å². The maximum Gasteiger partial charge on any atom is 0.123 e. The lowest BCUT2D eigenvalue weighted by Gasteiger charge is -2.22. The summed E-state index contributed by atoms with van der Waals surface area (Å²) in [7, 11) is 1.70. The Bertz CT molecular complexity index is 334. The highest BCUT2D eigenvalue weighted by molar-refractivity contribution is 5.26. The van der Waals surface area contributed by atoms with E-state index in [1.807, 2.05) is 19.9 Å². The Kier molecular flexibility index (Phi) is 5.59. The van der Waals surface area contributed by atoms with E-state index in [9.17, 15) is 4.39 Å². The highest BCUT2D eigenvalue weighted by atomic mass is 19.1. The fraction of sp³-hybridized carbons (Fsp3) is 0.571. The molecule has 0 saturated heterocycles. The van der Waals surface area contributed by atoms with Gasteiger partial charge in [0.15, 0.2) is 0 Å². The zero-order valence-electron chi connectivity index (χ0n) is 11.1. The third-order valence-corrected chi connectivity index (χ3v) is 2.89. The van der Waals surface area contributed by atoms with Gasteiger partial charge in [0.05, 0.1) is 6.10 Å². The SMILES string of the molecule is CCNC(CC(C)OC)c1cc(C)cc(F)c1. The summed E-state index contributed by atoms with van der Waals surface area (Å²) in [6, 6.07) is 5.32. The van der Waals surface area contributed by atoms with E-state index in [1.54, 1.807) is 19.2 Å². The molecule has 0 aromatic heterocycles. The minimum atomic E-state index is -0.173.